The second-order valence-corrected chi connectivity index (χ2v) is 4.46. The standard InChI is InChI=1S/C9H7BrCl2O3/c1-4(9(13)14)15-8-3-6(11)5(10)2-7(8)12/h2-4H,1H3,(H,13,14)/t4-/m1/s1. The number of ether oxygens (including phenoxy) is 1. The molecule has 0 spiro atoms. The van der Waals surface area contributed by atoms with E-state index in [1.165, 1.54) is 13.0 Å². The minimum atomic E-state index is -1.06. The Labute approximate surface area is 105 Å². The molecule has 0 fully saturated rings. The van der Waals surface area contributed by atoms with E-state index in [2.05, 4.69) is 15.9 Å². The largest absolute Gasteiger partial charge is 0.479 e. The third-order valence-corrected chi connectivity index (χ3v) is 3.12. The van der Waals surface area contributed by atoms with Crippen LogP contribution in [0.1, 0.15) is 6.92 Å². The average molecular weight is 314 g/mol. The number of carbonyl (C=O) groups is 1. The van der Waals surface area contributed by atoms with E-state index in [-0.39, 0.29) is 5.75 Å². The molecule has 1 N–H and O–H groups in total. The van der Waals surface area contributed by atoms with E-state index in [1.807, 2.05) is 0 Å². The van der Waals surface area contributed by atoms with Gasteiger partial charge in [-0.25, -0.2) is 4.79 Å². The summed E-state index contributed by atoms with van der Waals surface area (Å²) in [4.78, 5) is 10.6. The smallest absolute Gasteiger partial charge is 0.344 e. The molecule has 0 saturated heterocycles. The average Bonchev–Trinajstić information content (AvgIpc) is 2.13. The van der Waals surface area contributed by atoms with E-state index >= 15 is 0 Å². The van der Waals surface area contributed by atoms with E-state index in [9.17, 15) is 4.79 Å². The lowest BCUT2D eigenvalue weighted by Gasteiger charge is -2.12. The minimum absolute atomic E-state index is 0.250. The number of carboxylic acid groups (broad SMARTS) is 1. The summed E-state index contributed by atoms with van der Waals surface area (Å²) in [5, 5.41) is 9.36. The maximum Gasteiger partial charge on any atom is 0.344 e. The fourth-order valence-electron chi connectivity index (χ4n) is 0.835. The van der Waals surface area contributed by atoms with Gasteiger partial charge in [-0.15, -0.1) is 0 Å². The number of hydrogen-bond acceptors (Lipinski definition) is 2. The molecule has 0 aliphatic heterocycles. The van der Waals surface area contributed by atoms with Crippen LogP contribution in [0.4, 0.5) is 0 Å². The Bertz CT molecular complexity index is 395. The van der Waals surface area contributed by atoms with Crippen molar-refractivity contribution in [2.24, 2.45) is 0 Å². The summed E-state index contributed by atoms with van der Waals surface area (Å²) in [6.07, 6.45) is -0.972. The lowest BCUT2D eigenvalue weighted by atomic mass is 10.3. The highest BCUT2D eigenvalue weighted by atomic mass is 79.9. The maximum absolute atomic E-state index is 10.6. The van der Waals surface area contributed by atoms with Gasteiger partial charge in [0.15, 0.2) is 6.10 Å². The second kappa shape index (κ2) is 5.05. The van der Waals surface area contributed by atoms with Crippen molar-refractivity contribution in [2.75, 3.05) is 0 Å². The van der Waals surface area contributed by atoms with Gasteiger partial charge in [0.1, 0.15) is 5.75 Å². The van der Waals surface area contributed by atoms with Crippen LogP contribution in [0.15, 0.2) is 16.6 Å². The van der Waals surface area contributed by atoms with E-state index < -0.39 is 12.1 Å². The molecule has 0 aromatic heterocycles. The van der Waals surface area contributed by atoms with Gasteiger partial charge in [-0.1, -0.05) is 23.2 Å². The van der Waals surface area contributed by atoms with Crippen molar-refractivity contribution < 1.29 is 14.6 Å². The summed E-state index contributed by atoms with van der Waals surface area (Å²) in [5.41, 5.74) is 0. The molecule has 0 heterocycles. The number of carboxylic acids is 1. The lowest BCUT2D eigenvalue weighted by Crippen LogP contribution is -2.23. The minimum Gasteiger partial charge on any atom is -0.479 e. The molecule has 0 bridgehead atoms. The molecule has 0 radical (unpaired) electrons. The first kappa shape index (κ1) is 12.6. The Morgan fingerprint density at radius 1 is 1.47 bits per heavy atom. The number of hydrogen-bond donors (Lipinski definition) is 1. The fraction of sp³-hybridized carbons (Fsp3) is 0.222. The van der Waals surface area contributed by atoms with Crippen LogP contribution in [0.5, 0.6) is 5.75 Å². The first-order valence-corrected chi connectivity index (χ1v) is 5.50. The van der Waals surface area contributed by atoms with Crippen molar-refractivity contribution in [3.8, 4) is 5.75 Å². The molecular weight excluding hydrogens is 307 g/mol. The molecule has 0 unspecified atom stereocenters. The van der Waals surface area contributed by atoms with E-state index in [4.69, 9.17) is 33.0 Å². The summed E-state index contributed by atoms with van der Waals surface area (Å²) in [7, 11) is 0. The van der Waals surface area contributed by atoms with E-state index in [0.717, 1.165) is 0 Å². The van der Waals surface area contributed by atoms with Crippen LogP contribution in [-0.2, 0) is 4.79 Å². The molecule has 82 valence electrons. The SMILES string of the molecule is C[C@@H](Oc1cc(Cl)c(Br)cc1Cl)C(=O)O. The van der Waals surface area contributed by atoms with Gasteiger partial charge in [-0.3, -0.25) is 0 Å². The van der Waals surface area contributed by atoms with Crippen molar-refractivity contribution in [1.82, 2.24) is 0 Å². The third-order valence-electron chi connectivity index (χ3n) is 1.63. The van der Waals surface area contributed by atoms with Gasteiger partial charge in [-0.05, 0) is 28.9 Å². The highest BCUT2D eigenvalue weighted by Crippen LogP contribution is 2.34. The number of aliphatic carboxylic acids is 1. The number of halogens is 3. The molecular formula is C9H7BrCl2O3. The molecule has 0 amide bonds. The molecule has 1 aromatic carbocycles. The number of rotatable bonds is 3. The molecule has 1 rings (SSSR count). The Hall–Kier alpha value is -0.450. The highest BCUT2D eigenvalue weighted by molar-refractivity contribution is 9.10. The van der Waals surface area contributed by atoms with Crippen LogP contribution < -0.4 is 4.74 Å². The topological polar surface area (TPSA) is 46.5 Å². The second-order valence-electron chi connectivity index (χ2n) is 2.80. The fourth-order valence-corrected chi connectivity index (χ4v) is 1.67. The summed E-state index contributed by atoms with van der Waals surface area (Å²) >= 11 is 14.8. The summed E-state index contributed by atoms with van der Waals surface area (Å²) < 4.78 is 5.73. The quantitative estimate of drug-likeness (QED) is 0.867. The Balaban J connectivity index is 2.95. The van der Waals surface area contributed by atoms with Gasteiger partial charge >= 0.3 is 5.97 Å². The van der Waals surface area contributed by atoms with Crippen LogP contribution in [0, 0.1) is 0 Å². The first-order chi connectivity index (χ1) is 6.91. The first-order valence-electron chi connectivity index (χ1n) is 3.96. The van der Waals surface area contributed by atoms with Crippen LogP contribution in [0.3, 0.4) is 0 Å². The van der Waals surface area contributed by atoms with E-state index in [1.54, 1.807) is 6.07 Å². The van der Waals surface area contributed by atoms with Gasteiger partial charge in [0, 0.05) is 10.5 Å². The maximum atomic E-state index is 10.6. The van der Waals surface area contributed by atoms with Crippen molar-refractivity contribution in [2.45, 2.75) is 13.0 Å². The molecule has 1 atom stereocenters. The Morgan fingerprint density at radius 3 is 2.60 bits per heavy atom. The molecule has 6 heteroatoms. The summed E-state index contributed by atoms with van der Waals surface area (Å²) in [6, 6.07) is 3.02. The Morgan fingerprint density at radius 2 is 2.07 bits per heavy atom. The molecule has 3 nitrogen and oxygen atoms in total. The van der Waals surface area contributed by atoms with Gasteiger partial charge < -0.3 is 9.84 Å². The molecule has 1 aromatic rings. The van der Waals surface area contributed by atoms with Gasteiger partial charge in [-0.2, -0.15) is 0 Å². The normalized spacial score (nSPS) is 12.3. The van der Waals surface area contributed by atoms with Gasteiger partial charge in [0.2, 0.25) is 0 Å². The summed E-state index contributed by atoms with van der Waals surface area (Å²) in [6.45, 7) is 1.41. The third kappa shape index (κ3) is 3.26. The van der Waals surface area contributed by atoms with Crippen LogP contribution >= 0.6 is 39.1 Å². The zero-order chi connectivity index (χ0) is 11.6. The monoisotopic (exact) mass is 312 g/mol. The zero-order valence-electron chi connectivity index (χ0n) is 7.63. The summed E-state index contributed by atoms with van der Waals surface area (Å²) in [5.74, 6) is -0.815. The van der Waals surface area contributed by atoms with Crippen molar-refractivity contribution in [3.05, 3.63) is 26.7 Å². The molecule has 15 heavy (non-hydrogen) atoms. The van der Waals surface area contributed by atoms with Gasteiger partial charge in [0.05, 0.1) is 10.0 Å². The van der Waals surface area contributed by atoms with Crippen molar-refractivity contribution >= 4 is 45.1 Å². The predicted molar refractivity (Wildman–Crippen MR) is 61.9 cm³/mol. The predicted octanol–water partition coefficient (Wildman–Crippen LogP) is 3.61. The molecule has 0 saturated carbocycles. The van der Waals surface area contributed by atoms with E-state index in [0.29, 0.717) is 14.5 Å². The highest BCUT2D eigenvalue weighted by Gasteiger charge is 2.15. The molecule has 0 aliphatic carbocycles. The van der Waals surface area contributed by atoms with Crippen LogP contribution in [0.25, 0.3) is 0 Å². The van der Waals surface area contributed by atoms with Crippen LogP contribution in [-0.4, -0.2) is 17.2 Å². The van der Waals surface area contributed by atoms with Crippen molar-refractivity contribution in [1.29, 1.82) is 0 Å². The van der Waals surface area contributed by atoms with Crippen molar-refractivity contribution in [3.63, 3.8) is 0 Å². The lowest BCUT2D eigenvalue weighted by molar-refractivity contribution is -0.144. The number of benzene rings is 1. The Kier molecular flexibility index (Phi) is 4.25. The zero-order valence-corrected chi connectivity index (χ0v) is 10.7. The van der Waals surface area contributed by atoms with Gasteiger partial charge in [0.25, 0.3) is 0 Å². The van der Waals surface area contributed by atoms with Crippen LogP contribution in [0.2, 0.25) is 10.0 Å². The molecule has 0 aliphatic rings.